The molecule has 0 heterocycles. The Bertz CT molecular complexity index is 1230. The molecule has 0 aliphatic rings. The third-order valence-corrected chi connectivity index (χ3v) is 8.24. The Morgan fingerprint density at radius 2 is 0.889 bits per heavy atom. The topological polar surface area (TPSA) is 119 Å². The quantitative estimate of drug-likeness (QED) is 0.0283. The SMILES string of the molecule is CC/C=C/C/C=C/C/C=C/C/C=C/C/C=C/CCCCCC(=O)O[C@H](COC(=O)CCCCC/C=C/C/C=C/C/C=C/C/C=C/CCC)COP(=O)(O)O. The second-order valence-electron chi connectivity index (χ2n) is 12.9. The van der Waals surface area contributed by atoms with Crippen LogP contribution in [-0.2, 0) is 28.2 Å². The summed E-state index contributed by atoms with van der Waals surface area (Å²) in [5.41, 5.74) is 0. The maximum atomic E-state index is 12.4. The molecule has 8 nitrogen and oxygen atoms in total. The number of unbranched alkanes of at least 4 members (excludes halogenated alkanes) is 7. The molecule has 0 bridgehead atoms. The number of allylic oxidation sites excluding steroid dienone is 18. The number of esters is 2. The Morgan fingerprint density at radius 3 is 1.30 bits per heavy atom. The van der Waals surface area contributed by atoms with Crippen molar-refractivity contribution >= 4 is 19.8 Å². The number of hydrogen-bond acceptors (Lipinski definition) is 6. The van der Waals surface area contributed by atoms with E-state index >= 15 is 0 Å². The van der Waals surface area contributed by atoms with E-state index in [0.717, 1.165) is 96.3 Å². The number of rotatable bonds is 35. The Kier molecular flexibility index (Phi) is 37.0. The molecule has 1 atom stereocenters. The summed E-state index contributed by atoms with van der Waals surface area (Å²) in [5.74, 6) is -0.972. The number of carbonyl (C=O) groups excluding carboxylic acids is 2. The van der Waals surface area contributed by atoms with Crippen molar-refractivity contribution in [1.29, 1.82) is 0 Å². The predicted molar refractivity (Wildman–Crippen MR) is 225 cm³/mol. The van der Waals surface area contributed by atoms with Crippen molar-refractivity contribution in [2.45, 2.75) is 148 Å². The van der Waals surface area contributed by atoms with Crippen LogP contribution in [0, 0.1) is 0 Å². The van der Waals surface area contributed by atoms with Crippen LogP contribution in [0.4, 0.5) is 0 Å². The maximum Gasteiger partial charge on any atom is 0.469 e. The lowest BCUT2D eigenvalue weighted by Crippen LogP contribution is -2.29. The van der Waals surface area contributed by atoms with E-state index in [0.29, 0.717) is 12.8 Å². The van der Waals surface area contributed by atoms with E-state index in [1.165, 1.54) is 6.42 Å². The number of phosphoric acid groups is 1. The van der Waals surface area contributed by atoms with Gasteiger partial charge in [-0.15, -0.1) is 0 Å². The average molecular weight is 771 g/mol. The second-order valence-corrected chi connectivity index (χ2v) is 14.1. The van der Waals surface area contributed by atoms with Gasteiger partial charge < -0.3 is 19.3 Å². The fourth-order valence-electron chi connectivity index (χ4n) is 4.80. The molecule has 9 heteroatoms. The highest BCUT2D eigenvalue weighted by Crippen LogP contribution is 2.36. The summed E-state index contributed by atoms with van der Waals surface area (Å²) in [4.78, 5) is 42.8. The summed E-state index contributed by atoms with van der Waals surface area (Å²) in [7, 11) is -4.78. The van der Waals surface area contributed by atoms with E-state index in [1.807, 2.05) is 0 Å². The third-order valence-electron chi connectivity index (χ3n) is 7.76. The Labute approximate surface area is 327 Å². The standard InChI is InChI=1S/C45H71O8P/c1-3-5-7-9-11-13-15-17-19-21-22-24-26-28-30-32-34-36-38-40-45(47)53-43(42-52-54(48,49)50)41-51-44(46)39-37-35-33-31-29-27-25-23-20-18-16-14-12-10-8-6-4-2/h5,7-8,10-11,13-14,16-17,19-20,22-24,27-30,43H,3-4,6,9,12,15,18,21,25-26,31-42H2,1-2H3,(H2,48,49,50)/b7-5+,10-8+,13-11+,16-14+,19-17+,23-20+,24-22+,29-27+,30-28+/t43-/m1/s1. The molecule has 0 aromatic rings. The highest BCUT2D eigenvalue weighted by Gasteiger charge is 2.22. The summed E-state index contributed by atoms with van der Waals surface area (Å²) >= 11 is 0. The van der Waals surface area contributed by atoms with Crippen LogP contribution in [-0.4, -0.2) is 41.0 Å². The first-order valence-electron chi connectivity index (χ1n) is 20.2. The predicted octanol–water partition coefficient (Wildman–Crippen LogP) is 12.4. The molecule has 0 aromatic heterocycles. The number of phosphoric ester groups is 1. The Hall–Kier alpha value is -3.29. The van der Waals surface area contributed by atoms with Gasteiger partial charge in [-0.2, -0.15) is 0 Å². The van der Waals surface area contributed by atoms with Gasteiger partial charge in [-0.1, -0.05) is 142 Å². The van der Waals surface area contributed by atoms with Crippen molar-refractivity contribution < 1.29 is 37.9 Å². The van der Waals surface area contributed by atoms with Crippen molar-refractivity contribution in [3.63, 3.8) is 0 Å². The molecular formula is C45H71O8P. The van der Waals surface area contributed by atoms with Crippen LogP contribution in [0.25, 0.3) is 0 Å². The van der Waals surface area contributed by atoms with Crippen LogP contribution in [0.3, 0.4) is 0 Å². The van der Waals surface area contributed by atoms with Crippen molar-refractivity contribution in [3.05, 3.63) is 109 Å². The van der Waals surface area contributed by atoms with Gasteiger partial charge in [0.25, 0.3) is 0 Å². The molecule has 0 aliphatic carbocycles. The lowest BCUT2D eigenvalue weighted by Gasteiger charge is -2.18. The van der Waals surface area contributed by atoms with E-state index in [-0.39, 0.29) is 19.4 Å². The molecule has 304 valence electrons. The highest BCUT2D eigenvalue weighted by atomic mass is 31.2. The number of hydrogen-bond donors (Lipinski definition) is 2. The van der Waals surface area contributed by atoms with Crippen molar-refractivity contribution in [1.82, 2.24) is 0 Å². The van der Waals surface area contributed by atoms with Crippen molar-refractivity contribution in [2.24, 2.45) is 0 Å². The van der Waals surface area contributed by atoms with E-state index in [1.54, 1.807) is 0 Å². The Morgan fingerprint density at radius 1 is 0.500 bits per heavy atom. The fraction of sp³-hybridized carbons (Fsp3) is 0.556. The largest absolute Gasteiger partial charge is 0.469 e. The molecule has 0 rings (SSSR count). The highest BCUT2D eigenvalue weighted by molar-refractivity contribution is 7.46. The molecule has 0 aliphatic heterocycles. The van der Waals surface area contributed by atoms with Gasteiger partial charge in [-0.3, -0.25) is 14.1 Å². The van der Waals surface area contributed by atoms with Crippen LogP contribution < -0.4 is 0 Å². The first-order valence-corrected chi connectivity index (χ1v) is 21.7. The smallest absolute Gasteiger partial charge is 0.462 e. The summed E-state index contributed by atoms with van der Waals surface area (Å²) in [6, 6.07) is 0. The molecule has 0 amide bonds. The average Bonchev–Trinajstić information content (AvgIpc) is 3.14. The van der Waals surface area contributed by atoms with Gasteiger partial charge in [0, 0.05) is 12.8 Å². The minimum Gasteiger partial charge on any atom is -0.462 e. The van der Waals surface area contributed by atoms with Crippen LogP contribution in [0.15, 0.2) is 109 Å². The van der Waals surface area contributed by atoms with Gasteiger partial charge in [-0.05, 0) is 96.3 Å². The summed E-state index contributed by atoms with van der Waals surface area (Å²) in [6.07, 6.45) is 55.2. The molecule has 0 fully saturated rings. The van der Waals surface area contributed by atoms with E-state index in [9.17, 15) is 14.2 Å². The summed E-state index contributed by atoms with van der Waals surface area (Å²) in [5, 5.41) is 0. The first kappa shape index (κ1) is 50.7. The number of carbonyl (C=O) groups is 2. The maximum absolute atomic E-state index is 12.4. The summed E-state index contributed by atoms with van der Waals surface area (Å²) < 4.78 is 26.3. The molecule has 0 spiro atoms. The van der Waals surface area contributed by atoms with Crippen LogP contribution in [0.2, 0.25) is 0 Å². The van der Waals surface area contributed by atoms with E-state index < -0.39 is 32.5 Å². The molecule has 0 radical (unpaired) electrons. The lowest BCUT2D eigenvalue weighted by atomic mass is 10.1. The van der Waals surface area contributed by atoms with Crippen molar-refractivity contribution in [3.8, 4) is 0 Å². The second kappa shape index (κ2) is 39.4. The number of ether oxygens (including phenoxy) is 2. The molecule has 2 N–H and O–H groups in total. The zero-order valence-corrected chi connectivity index (χ0v) is 34.2. The van der Waals surface area contributed by atoms with E-state index in [2.05, 4.69) is 128 Å². The monoisotopic (exact) mass is 770 g/mol. The molecule has 0 unspecified atom stereocenters. The normalized spacial score (nSPS) is 13.6. The minimum absolute atomic E-state index is 0.158. The molecular weight excluding hydrogens is 699 g/mol. The van der Waals surface area contributed by atoms with Gasteiger partial charge in [0.2, 0.25) is 0 Å². The van der Waals surface area contributed by atoms with E-state index in [4.69, 9.17) is 19.3 Å². The van der Waals surface area contributed by atoms with Gasteiger partial charge in [0.15, 0.2) is 6.10 Å². The molecule has 0 saturated carbocycles. The zero-order chi connectivity index (χ0) is 39.6. The first-order chi connectivity index (χ1) is 26.3. The third kappa shape index (κ3) is 41.5. The molecule has 0 aromatic carbocycles. The van der Waals surface area contributed by atoms with Gasteiger partial charge in [0.1, 0.15) is 6.61 Å². The van der Waals surface area contributed by atoms with Crippen LogP contribution in [0.1, 0.15) is 142 Å². The summed E-state index contributed by atoms with van der Waals surface area (Å²) in [6.45, 7) is 3.43. The van der Waals surface area contributed by atoms with Gasteiger partial charge in [0.05, 0.1) is 6.61 Å². The lowest BCUT2D eigenvalue weighted by molar-refractivity contribution is -0.161. The van der Waals surface area contributed by atoms with Crippen LogP contribution in [0.5, 0.6) is 0 Å². The zero-order valence-electron chi connectivity index (χ0n) is 33.3. The minimum atomic E-state index is -4.78. The van der Waals surface area contributed by atoms with Gasteiger partial charge in [-0.25, -0.2) is 4.57 Å². The van der Waals surface area contributed by atoms with Crippen LogP contribution >= 0.6 is 7.82 Å². The fourth-order valence-corrected chi connectivity index (χ4v) is 5.16. The van der Waals surface area contributed by atoms with Crippen molar-refractivity contribution in [2.75, 3.05) is 13.2 Å². The Balaban J connectivity index is 4.11. The molecule has 0 saturated heterocycles. The van der Waals surface area contributed by atoms with Gasteiger partial charge >= 0.3 is 19.8 Å². The molecule has 54 heavy (non-hydrogen) atoms.